The van der Waals surface area contributed by atoms with Gasteiger partial charge in [-0.25, -0.2) is 0 Å². The number of hydrogen-bond acceptors (Lipinski definition) is 3. The minimum Gasteiger partial charge on any atom is -0.469 e. The van der Waals surface area contributed by atoms with E-state index in [1.807, 2.05) is 25.6 Å². The predicted octanol–water partition coefficient (Wildman–Crippen LogP) is 3.47. The Morgan fingerprint density at radius 1 is 1.44 bits per heavy atom. The number of rotatable bonds is 3. The summed E-state index contributed by atoms with van der Waals surface area (Å²) in [5.41, 5.74) is 2.21. The van der Waals surface area contributed by atoms with Gasteiger partial charge in [-0.05, 0) is 56.1 Å². The van der Waals surface area contributed by atoms with Crippen LogP contribution in [0.5, 0.6) is 0 Å². The number of benzene rings is 1. The highest BCUT2D eigenvalue weighted by molar-refractivity contribution is 7.99. The van der Waals surface area contributed by atoms with Gasteiger partial charge in [-0.2, -0.15) is 0 Å². The van der Waals surface area contributed by atoms with Gasteiger partial charge in [-0.3, -0.25) is 4.79 Å². The second-order valence-corrected chi connectivity index (χ2v) is 6.58. The van der Waals surface area contributed by atoms with Crippen LogP contribution in [-0.2, 0) is 22.4 Å². The van der Waals surface area contributed by atoms with Crippen LogP contribution in [0.1, 0.15) is 31.4 Å². The minimum absolute atomic E-state index is 0.144. The molecule has 0 N–H and O–H groups in total. The number of fused-ring (bicyclic) bond motifs is 1. The van der Waals surface area contributed by atoms with Crippen molar-refractivity contribution >= 4 is 17.7 Å². The molecule has 1 aliphatic heterocycles. The van der Waals surface area contributed by atoms with Crippen LogP contribution in [-0.4, -0.2) is 18.8 Å². The van der Waals surface area contributed by atoms with Crippen molar-refractivity contribution < 1.29 is 9.53 Å². The lowest BCUT2D eigenvalue weighted by atomic mass is 9.85. The Balaban J connectivity index is 2.17. The molecule has 0 radical (unpaired) electrons. The Hall–Kier alpha value is -0.960. The zero-order valence-corrected chi connectivity index (χ0v) is 12.1. The summed E-state index contributed by atoms with van der Waals surface area (Å²) in [7, 11) is 1.45. The molecule has 0 atom stereocenters. The number of esters is 1. The lowest BCUT2D eigenvalue weighted by Gasteiger charge is -2.23. The third kappa shape index (κ3) is 2.89. The largest absolute Gasteiger partial charge is 0.469 e. The first-order valence-electron chi connectivity index (χ1n) is 6.36. The highest BCUT2D eigenvalue weighted by Crippen LogP contribution is 2.32. The molecule has 98 valence electrons. The summed E-state index contributed by atoms with van der Waals surface area (Å²) < 4.78 is 4.86. The lowest BCUT2D eigenvalue weighted by Crippen LogP contribution is -2.28. The van der Waals surface area contributed by atoms with E-state index in [1.165, 1.54) is 35.3 Å². The van der Waals surface area contributed by atoms with Crippen molar-refractivity contribution in [3.63, 3.8) is 0 Å². The summed E-state index contributed by atoms with van der Waals surface area (Å²) in [5.74, 6) is 1.08. The van der Waals surface area contributed by atoms with Gasteiger partial charge < -0.3 is 4.74 Å². The van der Waals surface area contributed by atoms with Crippen LogP contribution < -0.4 is 0 Å². The van der Waals surface area contributed by atoms with E-state index < -0.39 is 5.41 Å². The molecule has 0 saturated heterocycles. The van der Waals surface area contributed by atoms with Crippen LogP contribution in [0.15, 0.2) is 23.1 Å². The zero-order chi connectivity index (χ0) is 13.2. The Kier molecular flexibility index (Phi) is 4.00. The topological polar surface area (TPSA) is 26.3 Å². The van der Waals surface area contributed by atoms with Gasteiger partial charge in [-0.1, -0.05) is 12.1 Å². The van der Waals surface area contributed by atoms with Gasteiger partial charge in [0.05, 0.1) is 12.5 Å². The molecule has 1 heterocycles. The molecule has 18 heavy (non-hydrogen) atoms. The number of methoxy groups -OCH3 is 1. The van der Waals surface area contributed by atoms with E-state index >= 15 is 0 Å². The van der Waals surface area contributed by atoms with Crippen molar-refractivity contribution in [1.29, 1.82) is 0 Å². The van der Waals surface area contributed by atoms with Crippen LogP contribution in [0.3, 0.4) is 0 Å². The number of thioether (sulfide) groups is 1. The molecular weight excluding hydrogens is 244 g/mol. The fourth-order valence-electron chi connectivity index (χ4n) is 2.38. The number of carbonyl (C=O) groups is 1. The Labute approximate surface area is 113 Å². The second kappa shape index (κ2) is 5.35. The Morgan fingerprint density at radius 2 is 2.22 bits per heavy atom. The number of aryl methyl sites for hydroxylation is 1. The van der Waals surface area contributed by atoms with Crippen LogP contribution in [0.25, 0.3) is 0 Å². The van der Waals surface area contributed by atoms with Crippen LogP contribution in [0.2, 0.25) is 0 Å². The molecule has 0 unspecified atom stereocenters. The molecule has 0 amide bonds. The molecular formula is C15H20O2S. The average Bonchev–Trinajstić information content (AvgIpc) is 2.37. The first kappa shape index (κ1) is 13.5. The molecule has 0 saturated carbocycles. The van der Waals surface area contributed by atoms with Gasteiger partial charge >= 0.3 is 5.97 Å². The fourth-order valence-corrected chi connectivity index (χ4v) is 3.40. The van der Waals surface area contributed by atoms with Crippen molar-refractivity contribution in [2.45, 2.75) is 38.0 Å². The molecule has 3 heteroatoms. The van der Waals surface area contributed by atoms with Crippen LogP contribution >= 0.6 is 11.8 Å². The normalized spacial score (nSPS) is 15.1. The molecule has 1 aromatic carbocycles. The number of hydrogen-bond donors (Lipinski definition) is 0. The molecule has 0 bridgehead atoms. The van der Waals surface area contributed by atoms with E-state index in [-0.39, 0.29) is 5.97 Å². The van der Waals surface area contributed by atoms with Gasteiger partial charge in [0, 0.05) is 4.90 Å². The maximum Gasteiger partial charge on any atom is 0.311 e. The maximum atomic E-state index is 11.7. The third-order valence-corrected chi connectivity index (χ3v) is 4.56. The van der Waals surface area contributed by atoms with Crippen molar-refractivity contribution in [1.82, 2.24) is 0 Å². The van der Waals surface area contributed by atoms with Crippen LogP contribution in [0, 0.1) is 5.41 Å². The summed E-state index contributed by atoms with van der Waals surface area (Å²) in [4.78, 5) is 13.1. The smallest absolute Gasteiger partial charge is 0.311 e. The van der Waals surface area contributed by atoms with Gasteiger partial charge in [0.15, 0.2) is 0 Å². The summed E-state index contributed by atoms with van der Waals surface area (Å²) in [6, 6.07) is 6.59. The molecule has 2 rings (SSSR count). The van der Waals surface area contributed by atoms with Gasteiger partial charge in [0.1, 0.15) is 0 Å². The standard InChI is InChI=1S/C15H20O2S/c1-15(2,14(16)17-3)10-11-6-7-13-12(9-11)5-4-8-18-13/h6-7,9H,4-5,8,10H2,1-3H3. The molecule has 0 fully saturated rings. The van der Waals surface area contributed by atoms with Gasteiger partial charge in [0.25, 0.3) is 0 Å². The highest BCUT2D eigenvalue weighted by Gasteiger charge is 2.29. The first-order chi connectivity index (χ1) is 8.53. The van der Waals surface area contributed by atoms with Gasteiger partial charge in [0.2, 0.25) is 0 Å². The monoisotopic (exact) mass is 264 g/mol. The molecule has 0 spiro atoms. The van der Waals surface area contributed by atoms with Crippen molar-refractivity contribution in [3.05, 3.63) is 29.3 Å². The van der Waals surface area contributed by atoms with E-state index in [0.717, 1.165) is 12.8 Å². The second-order valence-electron chi connectivity index (χ2n) is 5.45. The minimum atomic E-state index is -0.454. The number of ether oxygens (including phenoxy) is 1. The molecule has 1 aromatic rings. The molecule has 2 nitrogen and oxygen atoms in total. The summed E-state index contributed by atoms with van der Waals surface area (Å²) in [6.45, 7) is 3.88. The predicted molar refractivity (Wildman–Crippen MR) is 75.0 cm³/mol. The summed E-state index contributed by atoms with van der Waals surface area (Å²) >= 11 is 1.93. The molecule has 0 aliphatic carbocycles. The Morgan fingerprint density at radius 3 is 2.94 bits per heavy atom. The van der Waals surface area contributed by atoms with E-state index in [9.17, 15) is 4.79 Å². The number of carbonyl (C=O) groups excluding carboxylic acids is 1. The maximum absolute atomic E-state index is 11.7. The molecule has 0 aromatic heterocycles. The fraction of sp³-hybridized carbons (Fsp3) is 0.533. The van der Waals surface area contributed by atoms with E-state index in [4.69, 9.17) is 4.74 Å². The summed E-state index contributed by atoms with van der Waals surface area (Å²) in [6.07, 6.45) is 3.15. The van der Waals surface area contributed by atoms with Crippen LogP contribution in [0.4, 0.5) is 0 Å². The van der Waals surface area contributed by atoms with E-state index in [2.05, 4.69) is 18.2 Å². The zero-order valence-electron chi connectivity index (χ0n) is 11.3. The van der Waals surface area contributed by atoms with E-state index in [0.29, 0.717) is 0 Å². The van der Waals surface area contributed by atoms with Gasteiger partial charge in [-0.15, -0.1) is 11.8 Å². The average molecular weight is 264 g/mol. The van der Waals surface area contributed by atoms with Crippen molar-refractivity contribution in [2.75, 3.05) is 12.9 Å². The highest BCUT2D eigenvalue weighted by atomic mass is 32.2. The summed E-state index contributed by atoms with van der Waals surface area (Å²) in [5, 5.41) is 0. The Bertz CT molecular complexity index is 452. The quantitative estimate of drug-likeness (QED) is 0.782. The first-order valence-corrected chi connectivity index (χ1v) is 7.34. The lowest BCUT2D eigenvalue weighted by molar-refractivity contribution is -0.150. The molecule has 1 aliphatic rings. The van der Waals surface area contributed by atoms with Crippen molar-refractivity contribution in [3.8, 4) is 0 Å². The third-order valence-electron chi connectivity index (χ3n) is 3.36. The van der Waals surface area contributed by atoms with Crippen molar-refractivity contribution in [2.24, 2.45) is 5.41 Å². The SMILES string of the molecule is COC(=O)C(C)(C)Cc1ccc2c(c1)CCCS2. The van der Waals surface area contributed by atoms with E-state index in [1.54, 1.807) is 0 Å².